The summed E-state index contributed by atoms with van der Waals surface area (Å²) in [4.78, 5) is 35.6. The Labute approximate surface area is 192 Å². The minimum absolute atomic E-state index is 0.0112. The maximum absolute atomic E-state index is 13.0. The van der Waals surface area contributed by atoms with Gasteiger partial charge < -0.3 is 14.6 Å². The minimum Gasteiger partial charge on any atom is -0.481 e. The van der Waals surface area contributed by atoms with E-state index in [1.165, 1.54) is 18.2 Å². The normalized spacial score (nSPS) is 16.6. The Kier molecular flexibility index (Phi) is 6.67. The third kappa shape index (κ3) is 4.97. The first-order valence-electron chi connectivity index (χ1n) is 8.57. The van der Waals surface area contributed by atoms with E-state index in [1.807, 2.05) is 0 Å². The Morgan fingerprint density at radius 3 is 2.53 bits per heavy atom. The van der Waals surface area contributed by atoms with Crippen LogP contribution in [0.4, 0.5) is 13.2 Å². The number of hydrogen-bond acceptors (Lipinski definition) is 6. The van der Waals surface area contributed by atoms with Gasteiger partial charge in [0.2, 0.25) is 0 Å². The van der Waals surface area contributed by atoms with Gasteiger partial charge in [-0.3, -0.25) is 14.5 Å². The maximum atomic E-state index is 13.0. The Morgan fingerprint density at radius 1 is 1.25 bits per heavy atom. The van der Waals surface area contributed by atoms with Gasteiger partial charge in [-0.05, 0) is 30.3 Å². The van der Waals surface area contributed by atoms with Gasteiger partial charge in [-0.25, -0.2) is 4.79 Å². The number of aliphatic carboxylic acids is 2. The molecule has 3 rings (SSSR count). The number of furan rings is 1. The van der Waals surface area contributed by atoms with Crippen LogP contribution in [-0.2, 0) is 20.6 Å². The molecule has 1 aliphatic rings. The van der Waals surface area contributed by atoms with E-state index in [0.29, 0.717) is 4.90 Å². The smallest absolute Gasteiger partial charge is 0.416 e. The van der Waals surface area contributed by atoms with Gasteiger partial charge in [0.15, 0.2) is 0 Å². The molecule has 0 saturated carbocycles. The van der Waals surface area contributed by atoms with E-state index in [9.17, 15) is 32.7 Å². The summed E-state index contributed by atoms with van der Waals surface area (Å²) >= 11 is 11.8. The summed E-state index contributed by atoms with van der Waals surface area (Å²) in [5.74, 6) is -3.71. The molecule has 1 aromatic heterocycles. The molecule has 168 valence electrons. The zero-order chi connectivity index (χ0) is 23.8. The molecule has 1 saturated heterocycles. The zero-order valence-corrected chi connectivity index (χ0v) is 17.9. The molecular formula is C19H11ClF3NO6S2. The molecular weight excluding hydrogens is 495 g/mol. The highest BCUT2D eigenvalue weighted by Crippen LogP contribution is 2.38. The van der Waals surface area contributed by atoms with Gasteiger partial charge in [0.05, 0.1) is 21.9 Å². The van der Waals surface area contributed by atoms with E-state index in [0.717, 1.165) is 30.0 Å². The van der Waals surface area contributed by atoms with Crippen LogP contribution in [0, 0.1) is 0 Å². The number of carboxylic acid groups (broad SMARTS) is 2. The molecule has 1 fully saturated rings. The number of amides is 1. The molecule has 0 unspecified atom stereocenters. The highest BCUT2D eigenvalue weighted by atomic mass is 35.5. The summed E-state index contributed by atoms with van der Waals surface area (Å²) in [7, 11) is 0. The molecule has 7 nitrogen and oxygen atoms in total. The quantitative estimate of drug-likeness (QED) is 0.428. The van der Waals surface area contributed by atoms with E-state index in [2.05, 4.69) is 0 Å². The number of hydrogen-bond donors (Lipinski definition) is 2. The molecule has 1 amide bonds. The van der Waals surface area contributed by atoms with E-state index < -0.39 is 42.0 Å². The van der Waals surface area contributed by atoms with Crippen LogP contribution in [0.3, 0.4) is 0 Å². The largest absolute Gasteiger partial charge is 0.481 e. The molecule has 0 aliphatic carbocycles. The second-order valence-corrected chi connectivity index (χ2v) is 8.48. The highest BCUT2D eigenvalue weighted by Gasteiger charge is 2.41. The van der Waals surface area contributed by atoms with Gasteiger partial charge in [0.25, 0.3) is 5.91 Å². The van der Waals surface area contributed by atoms with Crippen molar-refractivity contribution in [2.45, 2.75) is 18.6 Å². The van der Waals surface area contributed by atoms with Crippen LogP contribution in [0.15, 0.2) is 39.7 Å². The first kappa shape index (κ1) is 23.8. The third-order valence-corrected chi connectivity index (χ3v) is 5.91. The van der Waals surface area contributed by atoms with Crippen LogP contribution in [-0.4, -0.2) is 43.3 Å². The lowest BCUT2D eigenvalue weighted by Crippen LogP contribution is -2.45. The summed E-state index contributed by atoms with van der Waals surface area (Å²) in [6, 6.07) is 3.79. The van der Waals surface area contributed by atoms with E-state index >= 15 is 0 Å². The first-order chi connectivity index (χ1) is 14.9. The highest BCUT2D eigenvalue weighted by molar-refractivity contribution is 8.26. The van der Waals surface area contributed by atoms with Gasteiger partial charge in [-0.1, -0.05) is 35.6 Å². The molecule has 2 aromatic rings. The predicted octanol–water partition coefficient (Wildman–Crippen LogP) is 4.75. The standard InChI is InChI=1S/C19H11ClF3NO6S2/c20-11-3-1-8(19(21,22)23)5-10(11)13-4-2-9(30-13)6-14-16(27)24(18(31)32-14)12(17(28)29)7-15(25)26/h1-6,12H,7H2,(H,25,26)(H,28,29)/b14-6-/t12-/m1/s1. The second kappa shape index (κ2) is 8.96. The monoisotopic (exact) mass is 505 g/mol. The van der Waals surface area contributed by atoms with Crippen LogP contribution in [0.5, 0.6) is 0 Å². The molecule has 32 heavy (non-hydrogen) atoms. The fourth-order valence-electron chi connectivity index (χ4n) is 2.80. The number of carboxylic acids is 2. The van der Waals surface area contributed by atoms with Crippen molar-refractivity contribution < 1.29 is 42.2 Å². The summed E-state index contributed by atoms with van der Waals surface area (Å²) in [5, 5.41) is 18.2. The number of thiocarbonyl (C=S) groups is 1. The number of carbonyl (C=O) groups is 3. The molecule has 2 N–H and O–H groups in total. The van der Waals surface area contributed by atoms with Crippen LogP contribution in [0.2, 0.25) is 5.02 Å². The number of rotatable bonds is 6. The van der Waals surface area contributed by atoms with Crippen molar-refractivity contribution in [1.82, 2.24) is 4.90 Å². The Morgan fingerprint density at radius 2 is 1.94 bits per heavy atom. The first-order valence-corrected chi connectivity index (χ1v) is 10.2. The molecule has 2 heterocycles. The summed E-state index contributed by atoms with van der Waals surface area (Å²) in [5.41, 5.74) is -0.935. The lowest BCUT2D eigenvalue weighted by Gasteiger charge is -2.21. The average molecular weight is 506 g/mol. The van der Waals surface area contributed by atoms with E-state index in [1.54, 1.807) is 0 Å². The maximum Gasteiger partial charge on any atom is 0.416 e. The van der Waals surface area contributed by atoms with Gasteiger partial charge in [-0.2, -0.15) is 13.2 Å². The number of halogens is 4. The fraction of sp³-hybridized carbons (Fsp3) is 0.158. The summed E-state index contributed by atoms with van der Waals surface area (Å²) in [6.45, 7) is 0. The van der Waals surface area contributed by atoms with Crippen LogP contribution in [0.25, 0.3) is 17.4 Å². The van der Waals surface area contributed by atoms with Crippen molar-refractivity contribution in [3.8, 4) is 11.3 Å². The Bertz CT molecular complexity index is 1160. The van der Waals surface area contributed by atoms with E-state index in [4.69, 9.17) is 33.3 Å². The zero-order valence-electron chi connectivity index (χ0n) is 15.6. The molecule has 0 bridgehead atoms. The molecule has 0 spiro atoms. The molecule has 0 radical (unpaired) electrons. The van der Waals surface area contributed by atoms with Gasteiger partial charge >= 0.3 is 18.1 Å². The Balaban J connectivity index is 1.90. The summed E-state index contributed by atoms with van der Waals surface area (Å²) in [6.07, 6.45) is -4.21. The number of thioether (sulfide) groups is 1. The second-order valence-electron chi connectivity index (χ2n) is 6.40. The molecule has 1 aliphatic heterocycles. The number of carbonyl (C=O) groups excluding carboxylic acids is 1. The SMILES string of the molecule is O=C(O)C[C@H](C(=O)O)N1C(=O)/C(=C/c2ccc(-c3cc(C(F)(F)F)ccc3Cl)o2)SC1=S. The topological polar surface area (TPSA) is 108 Å². The average Bonchev–Trinajstić information content (AvgIpc) is 3.24. The number of alkyl halides is 3. The molecule has 1 atom stereocenters. The van der Waals surface area contributed by atoms with Gasteiger partial charge in [0, 0.05) is 11.6 Å². The van der Waals surface area contributed by atoms with Crippen molar-refractivity contribution in [2.75, 3.05) is 0 Å². The van der Waals surface area contributed by atoms with Crippen molar-refractivity contribution in [1.29, 1.82) is 0 Å². The lowest BCUT2D eigenvalue weighted by atomic mass is 10.1. The van der Waals surface area contributed by atoms with Crippen molar-refractivity contribution in [3.63, 3.8) is 0 Å². The van der Waals surface area contributed by atoms with E-state index in [-0.39, 0.29) is 31.3 Å². The lowest BCUT2D eigenvalue weighted by molar-refractivity contribution is -0.150. The molecule has 13 heteroatoms. The summed E-state index contributed by atoms with van der Waals surface area (Å²) < 4.78 is 44.3. The van der Waals surface area contributed by atoms with Crippen molar-refractivity contribution in [2.24, 2.45) is 0 Å². The Hall–Kier alpha value is -2.83. The molecule has 1 aromatic carbocycles. The van der Waals surface area contributed by atoms with Crippen LogP contribution >= 0.6 is 35.6 Å². The predicted molar refractivity (Wildman–Crippen MR) is 113 cm³/mol. The van der Waals surface area contributed by atoms with Gasteiger partial charge in [0.1, 0.15) is 21.9 Å². The number of nitrogens with zero attached hydrogens (tertiary/aromatic N) is 1. The van der Waals surface area contributed by atoms with Crippen molar-refractivity contribution in [3.05, 3.63) is 51.6 Å². The van der Waals surface area contributed by atoms with Gasteiger partial charge in [-0.15, -0.1) is 0 Å². The fourth-order valence-corrected chi connectivity index (χ4v) is 4.35. The third-order valence-electron chi connectivity index (χ3n) is 4.25. The minimum atomic E-state index is -4.58. The van der Waals surface area contributed by atoms with Crippen LogP contribution in [0.1, 0.15) is 17.7 Å². The van der Waals surface area contributed by atoms with Crippen molar-refractivity contribution >= 4 is 63.8 Å². The van der Waals surface area contributed by atoms with Crippen LogP contribution < -0.4 is 0 Å². The number of benzene rings is 1.